The number of ether oxygens (including phenoxy) is 1. The third kappa shape index (κ3) is 5.67. The van der Waals surface area contributed by atoms with Crippen LogP contribution in [0.1, 0.15) is 38.2 Å². The van der Waals surface area contributed by atoms with Gasteiger partial charge in [0.05, 0.1) is 12.7 Å². The average molecular weight is 301 g/mol. The first kappa shape index (κ1) is 16.8. The summed E-state index contributed by atoms with van der Waals surface area (Å²) in [5, 5.41) is 12.0. The van der Waals surface area contributed by atoms with Crippen LogP contribution in [0.3, 0.4) is 0 Å². The third-order valence-corrected chi connectivity index (χ3v) is 4.19. The van der Waals surface area contributed by atoms with Gasteiger partial charge in [0.2, 0.25) is 0 Å². The van der Waals surface area contributed by atoms with Crippen molar-refractivity contribution in [3.05, 3.63) is 29.8 Å². The number of benzene rings is 1. The summed E-state index contributed by atoms with van der Waals surface area (Å²) >= 11 is 0. The lowest BCUT2D eigenvalue weighted by atomic mass is 10.2. The van der Waals surface area contributed by atoms with Gasteiger partial charge in [0.1, 0.15) is 5.75 Å². The summed E-state index contributed by atoms with van der Waals surface area (Å²) < 4.78 is 5.67. The lowest BCUT2D eigenvalue weighted by molar-refractivity contribution is 0.241. The molecule has 1 aliphatic rings. The molecule has 1 saturated carbocycles. The molecule has 0 aliphatic heterocycles. The highest BCUT2D eigenvalue weighted by Gasteiger charge is 2.28. The summed E-state index contributed by atoms with van der Waals surface area (Å²) in [6, 6.07) is 11.7. The third-order valence-electron chi connectivity index (χ3n) is 4.19. The van der Waals surface area contributed by atoms with Crippen molar-refractivity contribution in [2.75, 3.05) is 20.2 Å². The standard InChI is InChI=1S/C18H27N3O/c1-15(21(2)17-8-9-17)13-20-14-16-6-5-7-18(12-16)22-11-4-3-10-19/h5-7,12,15,17,20H,3-4,8-9,11,13-14H2,1-2H3. The van der Waals surface area contributed by atoms with Crippen molar-refractivity contribution in [2.45, 2.75) is 51.2 Å². The molecule has 1 fully saturated rings. The van der Waals surface area contributed by atoms with Crippen LogP contribution in [0.5, 0.6) is 5.75 Å². The molecule has 1 unspecified atom stereocenters. The number of nitriles is 1. The molecule has 22 heavy (non-hydrogen) atoms. The van der Waals surface area contributed by atoms with Crippen LogP contribution in [0.4, 0.5) is 0 Å². The van der Waals surface area contributed by atoms with E-state index in [1.54, 1.807) is 0 Å². The molecule has 4 nitrogen and oxygen atoms in total. The van der Waals surface area contributed by atoms with Gasteiger partial charge in [-0.3, -0.25) is 4.90 Å². The van der Waals surface area contributed by atoms with Crippen LogP contribution >= 0.6 is 0 Å². The number of nitrogens with one attached hydrogen (secondary N) is 1. The second-order valence-corrected chi connectivity index (χ2v) is 6.13. The minimum absolute atomic E-state index is 0.549. The molecule has 1 N–H and O–H groups in total. The molecule has 0 spiro atoms. The second kappa shape index (κ2) is 8.77. The molecule has 0 heterocycles. The highest BCUT2D eigenvalue weighted by molar-refractivity contribution is 5.28. The van der Waals surface area contributed by atoms with Gasteiger partial charge >= 0.3 is 0 Å². The van der Waals surface area contributed by atoms with Gasteiger partial charge < -0.3 is 10.1 Å². The lowest BCUT2D eigenvalue weighted by Crippen LogP contribution is -2.38. The van der Waals surface area contributed by atoms with Crippen molar-refractivity contribution in [1.29, 1.82) is 5.26 Å². The number of nitrogens with zero attached hydrogens (tertiary/aromatic N) is 2. The zero-order valence-electron chi connectivity index (χ0n) is 13.7. The van der Waals surface area contributed by atoms with Crippen LogP contribution in [0.15, 0.2) is 24.3 Å². The SMILES string of the molecule is CC(CNCc1cccc(OCCCC#N)c1)N(C)C1CC1. The number of hydrogen-bond donors (Lipinski definition) is 1. The molecule has 4 heteroatoms. The number of unbranched alkanes of at least 4 members (excludes halogenated alkanes) is 1. The summed E-state index contributed by atoms with van der Waals surface area (Å²) in [5.74, 6) is 0.889. The largest absolute Gasteiger partial charge is 0.494 e. The predicted octanol–water partition coefficient (Wildman–Crippen LogP) is 2.94. The van der Waals surface area contributed by atoms with E-state index in [1.165, 1.54) is 18.4 Å². The first-order valence-electron chi connectivity index (χ1n) is 8.22. The number of likely N-dealkylation sites (N-methyl/N-ethyl adjacent to an activating group) is 1. The quantitative estimate of drug-likeness (QED) is 0.675. The molecule has 0 aromatic heterocycles. The Balaban J connectivity index is 1.69. The van der Waals surface area contributed by atoms with Gasteiger partial charge in [0, 0.05) is 31.6 Å². The second-order valence-electron chi connectivity index (χ2n) is 6.13. The molecular weight excluding hydrogens is 274 g/mol. The molecule has 2 rings (SSSR count). The first-order valence-corrected chi connectivity index (χ1v) is 8.22. The van der Waals surface area contributed by atoms with E-state index < -0.39 is 0 Å². The smallest absolute Gasteiger partial charge is 0.119 e. The van der Waals surface area contributed by atoms with Crippen molar-refractivity contribution in [1.82, 2.24) is 10.2 Å². The fraction of sp³-hybridized carbons (Fsp3) is 0.611. The van der Waals surface area contributed by atoms with Crippen molar-refractivity contribution < 1.29 is 4.74 Å². The average Bonchev–Trinajstić information content (AvgIpc) is 3.36. The van der Waals surface area contributed by atoms with Gasteiger partial charge in [-0.05, 0) is 50.9 Å². The van der Waals surface area contributed by atoms with Crippen LogP contribution in [-0.4, -0.2) is 37.2 Å². The fourth-order valence-corrected chi connectivity index (χ4v) is 2.50. The minimum Gasteiger partial charge on any atom is -0.494 e. The Bertz CT molecular complexity index is 493. The van der Waals surface area contributed by atoms with E-state index in [0.717, 1.165) is 31.3 Å². The zero-order valence-corrected chi connectivity index (χ0v) is 13.7. The summed E-state index contributed by atoms with van der Waals surface area (Å²) in [4.78, 5) is 2.47. The van der Waals surface area contributed by atoms with Gasteiger partial charge in [-0.15, -0.1) is 0 Å². The molecule has 1 aromatic carbocycles. The lowest BCUT2D eigenvalue weighted by Gasteiger charge is -2.24. The van der Waals surface area contributed by atoms with E-state index in [-0.39, 0.29) is 0 Å². The first-order chi connectivity index (χ1) is 10.7. The monoisotopic (exact) mass is 301 g/mol. The van der Waals surface area contributed by atoms with Crippen molar-refractivity contribution in [3.8, 4) is 11.8 Å². The Hall–Kier alpha value is -1.57. The summed E-state index contributed by atoms with van der Waals surface area (Å²) in [5.41, 5.74) is 1.24. The number of rotatable bonds is 10. The van der Waals surface area contributed by atoms with Crippen LogP contribution in [0.25, 0.3) is 0 Å². The van der Waals surface area contributed by atoms with Crippen molar-refractivity contribution >= 4 is 0 Å². The molecule has 1 atom stereocenters. The summed E-state index contributed by atoms with van der Waals surface area (Å²) in [7, 11) is 2.22. The predicted molar refractivity (Wildman–Crippen MR) is 88.7 cm³/mol. The van der Waals surface area contributed by atoms with E-state index in [9.17, 15) is 0 Å². The summed E-state index contributed by atoms with van der Waals surface area (Å²) in [6.07, 6.45) is 4.04. The Morgan fingerprint density at radius 3 is 3.00 bits per heavy atom. The Morgan fingerprint density at radius 1 is 1.45 bits per heavy atom. The van der Waals surface area contributed by atoms with Gasteiger partial charge in [-0.25, -0.2) is 0 Å². The van der Waals surface area contributed by atoms with Crippen LogP contribution in [0.2, 0.25) is 0 Å². The van der Waals surface area contributed by atoms with Gasteiger partial charge in [0.15, 0.2) is 0 Å². The molecule has 120 valence electrons. The van der Waals surface area contributed by atoms with Gasteiger partial charge in [-0.2, -0.15) is 5.26 Å². The van der Waals surface area contributed by atoms with Crippen molar-refractivity contribution in [2.24, 2.45) is 0 Å². The highest BCUT2D eigenvalue weighted by atomic mass is 16.5. The van der Waals surface area contributed by atoms with Crippen LogP contribution < -0.4 is 10.1 Å². The number of hydrogen-bond acceptors (Lipinski definition) is 4. The van der Waals surface area contributed by atoms with Gasteiger partial charge in [0.25, 0.3) is 0 Å². The van der Waals surface area contributed by atoms with E-state index in [0.29, 0.717) is 19.1 Å². The minimum atomic E-state index is 0.549. The molecule has 1 aliphatic carbocycles. The van der Waals surface area contributed by atoms with Gasteiger partial charge in [-0.1, -0.05) is 12.1 Å². The highest BCUT2D eigenvalue weighted by Crippen LogP contribution is 2.26. The maximum Gasteiger partial charge on any atom is 0.119 e. The maximum atomic E-state index is 8.51. The molecule has 0 radical (unpaired) electrons. The molecule has 0 saturated heterocycles. The Morgan fingerprint density at radius 2 is 2.27 bits per heavy atom. The van der Waals surface area contributed by atoms with Crippen LogP contribution in [0, 0.1) is 11.3 Å². The Labute approximate surface area is 134 Å². The van der Waals surface area contributed by atoms with E-state index in [1.807, 2.05) is 12.1 Å². The van der Waals surface area contributed by atoms with E-state index in [4.69, 9.17) is 10.00 Å². The topological polar surface area (TPSA) is 48.3 Å². The molecule has 0 amide bonds. The fourth-order valence-electron chi connectivity index (χ4n) is 2.50. The van der Waals surface area contributed by atoms with E-state index >= 15 is 0 Å². The van der Waals surface area contributed by atoms with E-state index in [2.05, 4.69) is 42.4 Å². The Kier molecular flexibility index (Phi) is 6.70. The molecule has 0 bridgehead atoms. The van der Waals surface area contributed by atoms with Crippen LogP contribution in [-0.2, 0) is 6.54 Å². The normalized spacial score (nSPS) is 15.5. The molecular formula is C18H27N3O. The maximum absolute atomic E-state index is 8.51. The zero-order chi connectivity index (χ0) is 15.8. The summed E-state index contributed by atoms with van der Waals surface area (Å²) in [6.45, 7) is 4.74. The molecule has 1 aromatic rings. The van der Waals surface area contributed by atoms with Crippen molar-refractivity contribution in [3.63, 3.8) is 0 Å².